The summed E-state index contributed by atoms with van der Waals surface area (Å²) in [4.78, 5) is 2.80. The van der Waals surface area contributed by atoms with Crippen LogP contribution in [0.25, 0.3) is 0 Å². The number of nitrogens with zero attached hydrogens (tertiary/aromatic N) is 1. The van der Waals surface area contributed by atoms with Gasteiger partial charge in [0.05, 0.1) is 0 Å². The summed E-state index contributed by atoms with van der Waals surface area (Å²) in [6, 6.07) is 1.80. The Hall–Kier alpha value is -0.0800. The zero-order chi connectivity index (χ0) is 11.8. The Morgan fingerprint density at radius 2 is 1.82 bits per heavy atom. The van der Waals surface area contributed by atoms with Crippen LogP contribution in [0.1, 0.15) is 46.0 Å². The third-order valence-electron chi connectivity index (χ3n) is 5.46. The third-order valence-corrected chi connectivity index (χ3v) is 5.46. The van der Waals surface area contributed by atoms with Gasteiger partial charge in [0, 0.05) is 18.6 Å². The lowest BCUT2D eigenvalue weighted by Gasteiger charge is -2.48. The Labute approximate surface area is 106 Å². The topological polar surface area (TPSA) is 15.3 Å². The van der Waals surface area contributed by atoms with Crippen LogP contribution < -0.4 is 5.32 Å². The molecule has 1 aliphatic heterocycles. The largest absolute Gasteiger partial charge is 0.314 e. The molecule has 2 aliphatic carbocycles. The smallest absolute Gasteiger partial charge is 0.0136 e. The van der Waals surface area contributed by atoms with Crippen molar-refractivity contribution in [3.05, 3.63) is 0 Å². The van der Waals surface area contributed by atoms with Gasteiger partial charge in [0.15, 0.2) is 0 Å². The van der Waals surface area contributed by atoms with Gasteiger partial charge in [0.25, 0.3) is 0 Å². The second-order valence-electron chi connectivity index (χ2n) is 6.83. The first-order valence-electron chi connectivity index (χ1n) is 7.71. The summed E-state index contributed by atoms with van der Waals surface area (Å²) >= 11 is 0. The average Bonchev–Trinajstić information content (AvgIpc) is 3.06. The van der Waals surface area contributed by atoms with Crippen LogP contribution in [0.5, 0.6) is 0 Å². The van der Waals surface area contributed by atoms with Gasteiger partial charge in [0.1, 0.15) is 0 Å². The molecular weight excluding hydrogens is 208 g/mol. The molecule has 1 saturated heterocycles. The number of hydrogen-bond donors (Lipinski definition) is 1. The van der Waals surface area contributed by atoms with Crippen LogP contribution in [0, 0.1) is 17.8 Å². The van der Waals surface area contributed by atoms with E-state index in [0.717, 1.165) is 29.8 Å². The van der Waals surface area contributed by atoms with Crippen molar-refractivity contribution in [2.45, 2.75) is 58.0 Å². The summed E-state index contributed by atoms with van der Waals surface area (Å²) in [7, 11) is 0. The molecule has 0 aromatic rings. The van der Waals surface area contributed by atoms with Crippen molar-refractivity contribution < 1.29 is 0 Å². The molecule has 2 saturated carbocycles. The van der Waals surface area contributed by atoms with Gasteiger partial charge in [0.2, 0.25) is 0 Å². The molecular formula is C15H28N2. The fraction of sp³-hybridized carbons (Fsp3) is 1.00. The highest BCUT2D eigenvalue weighted by Crippen LogP contribution is 2.36. The van der Waals surface area contributed by atoms with E-state index in [1.807, 2.05) is 0 Å². The molecule has 4 atom stereocenters. The molecule has 0 aromatic heterocycles. The summed E-state index contributed by atoms with van der Waals surface area (Å²) in [6.45, 7) is 8.86. The van der Waals surface area contributed by atoms with Crippen LogP contribution in [0.2, 0.25) is 0 Å². The molecule has 3 rings (SSSR count). The van der Waals surface area contributed by atoms with Gasteiger partial charge in [-0.3, -0.25) is 4.90 Å². The van der Waals surface area contributed by atoms with Crippen molar-refractivity contribution in [1.82, 2.24) is 10.2 Å². The van der Waals surface area contributed by atoms with E-state index >= 15 is 0 Å². The maximum absolute atomic E-state index is 3.72. The van der Waals surface area contributed by atoms with Gasteiger partial charge < -0.3 is 5.32 Å². The highest BCUT2D eigenvalue weighted by atomic mass is 15.2. The molecule has 3 fully saturated rings. The van der Waals surface area contributed by atoms with Crippen molar-refractivity contribution in [2.75, 3.05) is 19.6 Å². The molecule has 0 bridgehead atoms. The quantitative estimate of drug-likeness (QED) is 0.807. The molecule has 0 radical (unpaired) electrons. The minimum Gasteiger partial charge on any atom is -0.314 e. The summed E-state index contributed by atoms with van der Waals surface area (Å²) in [5, 5.41) is 3.72. The summed E-state index contributed by atoms with van der Waals surface area (Å²) in [5.74, 6) is 2.80. The maximum Gasteiger partial charge on any atom is 0.0136 e. The van der Waals surface area contributed by atoms with Gasteiger partial charge in [-0.25, -0.2) is 0 Å². The lowest BCUT2D eigenvalue weighted by molar-refractivity contribution is 0.0159. The molecule has 98 valence electrons. The van der Waals surface area contributed by atoms with Gasteiger partial charge in [-0.1, -0.05) is 13.8 Å². The second kappa shape index (κ2) is 4.89. The minimum absolute atomic E-state index is 0.886. The molecule has 0 amide bonds. The number of likely N-dealkylation sites (tertiary alicyclic amines) is 1. The molecule has 2 nitrogen and oxygen atoms in total. The predicted octanol–water partition coefficient (Wildman–Crippen LogP) is 2.49. The zero-order valence-corrected chi connectivity index (χ0v) is 11.5. The number of hydrogen-bond acceptors (Lipinski definition) is 2. The molecule has 3 aliphatic rings. The van der Waals surface area contributed by atoms with Crippen molar-refractivity contribution in [3.8, 4) is 0 Å². The molecule has 1 N–H and O–H groups in total. The zero-order valence-electron chi connectivity index (χ0n) is 11.5. The Morgan fingerprint density at radius 3 is 2.41 bits per heavy atom. The Balaban J connectivity index is 1.46. The summed E-state index contributed by atoms with van der Waals surface area (Å²) in [6.07, 6.45) is 7.19. The summed E-state index contributed by atoms with van der Waals surface area (Å²) < 4.78 is 0. The van der Waals surface area contributed by atoms with Crippen LogP contribution >= 0.6 is 0 Å². The third kappa shape index (κ3) is 2.68. The normalized spacial score (nSPS) is 43.4. The minimum atomic E-state index is 0.886. The molecule has 0 spiro atoms. The lowest BCUT2D eigenvalue weighted by atomic mass is 9.76. The average molecular weight is 236 g/mol. The van der Waals surface area contributed by atoms with Gasteiger partial charge >= 0.3 is 0 Å². The molecule has 17 heavy (non-hydrogen) atoms. The first-order valence-corrected chi connectivity index (χ1v) is 7.71. The first-order chi connectivity index (χ1) is 8.24. The first kappa shape index (κ1) is 12.0. The van der Waals surface area contributed by atoms with E-state index in [1.165, 1.54) is 51.7 Å². The van der Waals surface area contributed by atoms with E-state index in [4.69, 9.17) is 0 Å². The number of piperidine rings is 1. The van der Waals surface area contributed by atoms with Gasteiger partial charge in [-0.05, 0) is 62.9 Å². The van der Waals surface area contributed by atoms with Crippen LogP contribution in [0.15, 0.2) is 0 Å². The van der Waals surface area contributed by atoms with E-state index in [0.29, 0.717) is 0 Å². The van der Waals surface area contributed by atoms with E-state index in [2.05, 4.69) is 24.1 Å². The van der Waals surface area contributed by atoms with E-state index in [-0.39, 0.29) is 0 Å². The fourth-order valence-corrected chi connectivity index (χ4v) is 3.47. The van der Waals surface area contributed by atoms with Gasteiger partial charge in [-0.15, -0.1) is 0 Å². The Bertz CT molecular complexity index is 262. The van der Waals surface area contributed by atoms with Gasteiger partial charge in [-0.2, -0.15) is 0 Å². The van der Waals surface area contributed by atoms with E-state index < -0.39 is 0 Å². The fourth-order valence-electron chi connectivity index (χ4n) is 3.47. The highest BCUT2D eigenvalue weighted by Gasteiger charge is 2.38. The predicted molar refractivity (Wildman–Crippen MR) is 72.1 cm³/mol. The standard InChI is InChI=1S/C15H28N2/c1-11-7-8-17(10-12(11)2)15-6-3-13(15)9-16-14-4-5-14/h11-16H,3-10H2,1-2H3. The van der Waals surface area contributed by atoms with Crippen LogP contribution in [-0.2, 0) is 0 Å². The van der Waals surface area contributed by atoms with Crippen molar-refractivity contribution in [1.29, 1.82) is 0 Å². The SMILES string of the molecule is CC1CCN(C2CCC2CNC2CC2)CC1C. The van der Waals surface area contributed by atoms with Crippen molar-refractivity contribution in [3.63, 3.8) is 0 Å². The highest BCUT2D eigenvalue weighted by molar-refractivity contribution is 4.94. The maximum atomic E-state index is 3.72. The number of rotatable bonds is 4. The molecule has 2 heteroatoms. The van der Waals surface area contributed by atoms with Crippen molar-refractivity contribution >= 4 is 0 Å². The van der Waals surface area contributed by atoms with E-state index in [9.17, 15) is 0 Å². The Morgan fingerprint density at radius 1 is 1.00 bits per heavy atom. The molecule has 0 aromatic carbocycles. The Kier molecular flexibility index (Phi) is 3.45. The number of nitrogens with one attached hydrogen (secondary N) is 1. The van der Waals surface area contributed by atoms with Crippen LogP contribution in [0.4, 0.5) is 0 Å². The molecule has 4 unspecified atom stereocenters. The van der Waals surface area contributed by atoms with Crippen LogP contribution in [0.3, 0.4) is 0 Å². The summed E-state index contributed by atoms with van der Waals surface area (Å²) in [5.41, 5.74) is 0. The lowest BCUT2D eigenvalue weighted by Crippen LogP contribution is -2.54. The molecule has 1 heterocycles. The monoisotopic (exact) mass is 236 g/mol. The van der Waals surface area contributed by atoms with Crippen molar-refractivity contribution in [2.24, 2.45) is 17.8 Å². The second-order valence-corrected chi connectivity index (χ2v) is 6.83. The van der Waals surface area contributed by atoms with E-state index in [1.54, 1.807) is 0 Å². The van der Waals surface area contributed by atoms with Crippen LogP contribution in [-0.4, -0.2) is 36.6 Å².